The van der Waals surface area contributed by atoms with E-state index >= 15 is 0 Å². The lowest BCUT2D eigenvalue weighted by molar-refractivity contribution is 0.0880. The van der Waals surface area contributed by atoms with Crippen molar-refractivity contribution in [1.29, 1.82) is 0 Å². The Hall–Kier alpha value is -3.74. The summed E-state index contributed by atoms with van der Waals surface area (Å²) in [4.78, 5) is 31.4. The van der Waals surface area contributed by atoms with Gasteiger partial charge in [-0.3, -0.25) is 14.9 Å². The fourth-order valence-electron chi connectivity index (χ4n) is 4.22. The summed E-state index contributed by atoms with van der Waals surface area (Å²) in [6.07, 6.45) is 0. The lowest BCUT2D eigenvalue weighted by atomic mass is 9.96. The molecule has 1 aliphatic rings. The van der Waals surface area contributed by atoms with Crippen molar-refractivity contribution >= 4 is 55.4 Å². The molecule has 130 valence electrons. The van der Waals surface area contributed by atoms with Crippen LogP contribution in [-0.4, -0.2) is 21.8 Å². The van der Waals surface area contributed by atoms with Gasteiger partial charge >= 0.3 is 0 Å². The first-order valence-corrected chi connectivity index (χ1v) is 8.27. The maximum Gasteiger partial charge on any atom is 0.259 e. The van der Waals surface area contributed by atoms with Gasteiger partial charge < -0.3 is 9.97 Å². The summed E-state index contributed by atoms with van der Waals surface area (Å²) >= 11 is 0. The molecule has 0 radical (unpaired) electrons. The number of carbonyl (C=O) groups excluding carboxylic acids is 2. The predicted octanol–water partition coefficient (Wildman–Crippen LogP) is 4.12. The van der Waals surface area contributed by atoms with E-state index < -0.39 is 23.4 Å². The molecule has 27 heavy (non-hydrogen) atoms. The van der Waals surface area contributed by atoms with Crippen LogP contribution in [-0.2, 0) is 0 Å². The van der Waals surface area contributed by atoms with Gasteiger partial charge in [0.15, 0.2) is 0 Å². The highest BCUT2D eigenvalue weighted by Gasteiger charge is 2.35. The van der Waals surface area contributed by atoms with E-state index in [2.05, 4.69) is 15.3 Å². The molecule has 0 atom stereocenters. The van der Waals surface area contributed by atoms with E-state index in [9.17, 15) is 18.4 Å². The van der Waals surface area contributed by atoms with Crippen LogP contribution in [0.25, 0.3) is 43.6 Å². The van der Waals surface area contributed by atoms with Crippen LogP contribution >= 0.6 is 0 Å². The highest BCUT2D eigenvalue weighted by atomic mass is 19.1. The fourth-order valence-corrected chi connectivity index (χ4v) is 4.22. The molecule has 0 saturated carbocycles. The van der Waals surface area contributed by atoms with Crippen LogP contribution in [0.2, 0.25) is 0 Å². The molecule has 2 aromatic heterocycles. The van der Waals surface area contributed by atoms with Gasteiger partial charge in [-0.15, -0.1) is 0 Å². The number of benzene rings is 3. The van der Waals surface area contributed by atoms with Gasteiger partial charge in [0.2, 0.25) is 0 Å². The minimum absolute atomic E-state index is 0.0722. The Bertz CT molecular complexity index is 1400. The molecule has 0 aliphatic carbocycles. The molecule has 0 saturated heterocycles. The number of amides is 2. The standard InChI is InChI=1S/C20H9F2N3O2/c21-7-3-1-5-9-11(7)13-15-16(20(27)25-19(15)26)14-12-8(22)4-2-6-10(12)24-18(14)17(13)23-9/h1-6,23-24H,(H,25,26,27). The lowest BCUT2D eigenvalue weighted by Crippen LogP contribution is -2.20. The minimum Gasteiger partial charge on any atom is -0.353 e. The Labute approximate surface area is 149 Å². The molecule has 0 fully saturated rings. The van der Waals surface area contributed by atoms with Crippen molar-refractivity contribution in [2.75, 3.05) is 0 Å². The fraction of sp³-hybridized carbons (Fsp3) is 0. The van der Waals surface area contributed by atoms with E-state index in [1.165, 1.54) is 12.1 Å². The maximum absolute atomic E-state index is 14.6. The van der Waals surface area contributed by atoms with Crippen molar-refractivity contribution in [3.8, 4) is 0 Å². The Morgan fingerprint density at radius 1 is 0.630 bits per heavy atom. The van der Waals surface area contributed by atoms with Crippen LogP contribution < -0.4 is 5.32 Å². The predicted molar refractivity (Wildman–Crippen MR) is 96.9 cm³/mol. The van der Waals surface area contributed by atoms with Gasteiger partial charge in [-0.2, -0.15) is 0 Å². The van der Waals surface area contributed by atoms with Gasteiger partial charge in [0.1, 0.15) is 11.6 Å². The first-order valence-electron chi connectivity index (χ1n) is 8.27. The van der Waals surface area contributed by atoms with Crippen LogP contribution in [0, 0.1) is 11.6 Å². The number of hydrogen-bond acceptors (Lipinski definition) is 2. The van der Waals surface area contributed by atoms with Crippen molar-refractivity contribution in [2.24, 2.45) is 0 Å². The largest absolute Gasteiger partial charge is 0.353 e. The zero-order chi connectivity index (χ0) is 18.4. The van der Waals surface area contributed by atoms with Crippen LogP contribution in [0.4, 0.5) is 8.78 Å². The first-order chi connectivity index (χ1) is 13.1. The number of imide groups is 1. The van der Waals surface area contributed by atoms with Crippen molar-refractivity contribution in [3.63, 3.8) is 0 Å². The average molecular weight is 361 g/mol. The third-order valence-electron chi connectivity index (χ3n) is 5.23. The smallest absolute Gasteiger partial charge is 0.259 e. The highest BCUT2D eigenvalue weighted by molar-refractivity contribution is 6.39. The van der Waals surface area contributed by atoms with E-state index in [1.54, 1.807) is 24.3 Å². The normalized spacial score (nSPS) is 14.0. The zero-order valence-corrected chi connectivity index (χ0v) is 13.5. The van der Waals surface area contributed by atoms with Crippen LogP contribution in [0.1, 0.15) is 20.7 Å². The third-order valence-corrected chi connectivity index (χ3v) is 5.23. The second-order valence-corrected chi connectivity index (χ2v) is 6.61. The van der Waals surface area contributed by atoms with E-state index in [4.69, 9.17) is 0 Å². The molecular weight excluding hydrogens is 352 g/mol. The van der Waals surface area contributed by atoms with Crippen LogP contribution in [0.5, 0.6) is 0 Å². The van der Waals surface area contributed by atoms with Crippen molar-refractivity contribution in [2.45, 2.75) is 0 Å². The monoisotopic (exact) mass is 361 g/mol. The number of hydrogen-bond donors (Lipinski definition) is 3. The van der Waals surface area contributed by atoms with E-state index in [1.807, 2.05) is 0 Å². The van der Waals surface area contributed by atoms with Gasteiger partial charge in [0.05, 0.1) is 22.2 Å². The summed E-state index contributed by atoms with van der Waals surface area (Å²) in [5.74, 6) is -2.24. The van der Waals surface area contributed by atoms with Gasteiger partial charge in [0, 0.05) is 32.6 Å². The van der Waals surface area contributed by atoms with Gasteiger partial charge in [-0.1, -0.05) is 12.1 Å². The molecular formula is C20H9F2N3O2. The summed E-state index contributed by atoms with van der Waals surface area (Å²) in [5, 5.41) is 3.37. The Morgan fingerprint density at radius 3 is 1.52 bits per heavy atom. The minimum atomic E-state index is -0.614. The van der Waals surface area contributed by atoms with Gasteiger partial charge in [-0.05, 0) is 24.3 Å². The molecule has 5 nitrogen and oxygen atoms in total. The van der Waals surface area contributed by atoms with Crippen molar-refractivity contribution < 1.29 is 18.4 Å². The number of fused-ring (bicyclic) bond motifs is 10. The van der Waals surface area contributed by atoms with Gasteiger partial charge in [-0.25, -0.2) is 8.78 Å². The summed E-state index contributed by atoms with van der Waals surface area (Å²) in [5.41, 5.74) is 2.05. The molecule has 0 spiro atoms. The SMILES string of the molecule is O=C1NC(=O)c2c1c1c([nH]c3cccc(F)c31)c1[nH]c3cccc(F)c3c21. The molecule has 3 heterocycles. The van der Waals surface area contributed by atoms with E-state index in [0.29, 0.717) is 32.8 Å². The molecule has 3 aromatic carbocycles. The lowest BCUT2D eigenvalue weighted by Gasteiger charge is -2.03. The summed E-state index contributed by atoms with van der Waals surface area (Å²) in [6.45, 7) is 0. The molecule has 7 heteroatoms. The molecule has 5 aromatic rings. The van der Waals surface area contributed by atoms with Crippen molar-refractivity contribution in [1.82, 2.24) is 15.3 Å². The Kier molecular flexibility index (Phi) is 2.41. The number of H-pyrrole nitrogens is 2. The zero-order valence-electron chi connectivity index (χ0n) is 13.5. The van der Waals surface area contributed by atoms with E-state index in [-0.39, 0.29) is 21.9 Å². The summed E-state index contributed by atoms with van der Waals surface area (Å²) in [6, 6.07) is 9.09. The molecule has 6 rings (SSSR count). The number of aromatic nitrogens is 2. The molecule has 0 unspecified atom stereocenters. The molecule has 1 aliphatic heterocycles. The van der Waals surface area contributed by atoms with Crippen molar-refractivity contribution in [3.05, 3.63) is 59.2 Å². The number of rotatable bonds is 0. The third kappa shape index (κ3) is 1.57. The average Bonchev–Trinajstić information content (AvgIpc) is 3.27. The number of carbonyl (C=O) groups is 2. The van der Waals surface area contributed by atoms with Crippen LogP contribution in [0.15, 0.2) is 36.4 Å². The highest BCUT2D eigenvalue weighted by Crippen LogP contribution is 2.42. The summed E-state index contributed by atoms with van der Waals surface area (Å²) in [7, 11) is 0. The van der Waals surface area contributed by atoms with E-state index in [0.717, 1.165) is 0 Å². The van der Waals surface area contributed by atoms with Crippen LogP contribution in [0.3, 0.4) is 0 Å². The topological polar surface area (TPSA) is 77.8 Å². The Morgan fingerprint density at radius 2 is 1.07 bits per heavy atom. The molecule has 2 amide bonds. The second kappa shape index (κ2) is 4.50. The first kappa shape index (κ1) is 14.4. The quantitative estimate of drug-likeness (QED) is 0.363. The molecule has 0 bridgehead atoms. The Balaban J connectivity index is 2.04. The second-order valence-electron chi connectivity index (χ2n) is 6.61. The number of halogens is 2. The number of aromatic amines is 2. The number of nitrogens with one attached hydrogen (secondary N) is 3. The molecule has 3 N–H and O–H groups in total. The van der Waals surface area contributed by atoms with Gasteiger partial charge in [0.25, 0.3) is 11.8 Å². The maximum atomic E-state index is 14.6. The summed E-state index contributed by atoms with van der Waals surface area (Å²) < 4.78 is 29.2.